The molecule has 0 spiro atoms. The number of hydrogen-bond donors (Lipinski definition) is 0. The molecule has 1 aromatic heterocycles. The Bertz CT molecular complexity index is 578. The first-order valence-corrected chi connectivity index (χ1v) is 4.97. The average Bonchev–Trinajstić information content (AvgIpc) is 2.71. The molecule has 0 saturated carbocycles. The van der Waals surface area contributed by atoms with Crippen molar-refractivity contribution in [2.24, 2.45) is 0 Å². The summed E-state index contributed by atoms with van der Waals surface area (Å²) >= 11 is 0. The smallest absolute Gasteiger partial charge is 0.332 e. The lowest BCUT2D eigenvalue weighted by atomic mass is 10.2. The van der Waals surface area contributed by atoms with Gasteiger partial charge in [-0.25, -0.2) is 4.79 Å². The number of aromatic nitrogens is 1. The summed E-state index contributed by atoms with van der Waals surface area (Å²) in [6, 6.07) is 9.08. The van der Waals surface area contributed by atoms with Gasteiger partial charge in [0.15, 0.2) is 0 Å². The SMILES string of the molecule is CCC(=O)On1ccc2cc(C#N)ccc21. The van der Waals surface area contributed by atoms with Gasteiger partial charge in [0, 0.05) is 18.0 Å². The minimum atomic E-state index is -0.290. The molecule has 0 saturated heterocycles. The van der Waals surface area contributed by atoms with Gasteiger partial charge in [-0.3, -0.25) is 0 Å². The highest BCUT2D eigenvalue weighted by Gasteiger charge is 2.05. The minimum Gasteiger partial charge on any atom is -0.337 e. The van der Waals surface area contributed by atoms with Gasteiger partial charge in [0.2, 0.25) is 0 Å². The lowest BCUT2D eigenvalue weighted by molar-refractivity contribution is -0.143. The monoisotopic (exact) mass is 214 g/mol. The molecule has 0 aliphatic rings. The van der Waals surface area contributed by atoms with Crippen LogP contribution in [0.2, 0.25) is 0 Å². The zero-order valence-corrected chi connectivity index (χ0v) is 8.80. The van der Waals surface area contributed by atoms with E-state index in [2.05, 4.69) is 6.07 Å². The first-order chi connectivity index (χ1) is 7.74. The van der Waals surface area contributed by atoms with Crippen LogP contribution < -0.4 is 4.84 Å². The third kappa shape index (κ3) is 1.75. The molecule has 0 bridgehead atoms. The number of nitriles is 1. The van der Waals surface area contributed by atoms with E-state index in [0.29, 0.717) is 12.0 Å². The van der Waals surface area contributed by atoms with Crippen LogP contribution in [0.4, 0.5) is 0 Å². The van der Waals surface area contributed by atoms with E-state index >= 15 is 0 Å². The van der Waals surface area contributed by atoms with Gasteiger partial charge in [-0.1, -0.05) is 6.92 Å². The van der Waals surface area contributed by atoms with Crippen molar-refractivity contribution in [3.05, 3.63) is 36.0 Å². The van der Waals surface area contributed by atoms with E-state index in [1.54, 1.807) is 37.4 Å². The van der Waals surface area contributed by atoms with Crippen molar-refractivity contribution >= 4 is 16.9 Å². The first kappa shape index (κ1) is 10.2. The Morgan fingerprint density at radius 3 is 3.00 bits per heavy atom. The van der Waals surface area contributed by atoms with Crippen LogP contribution in [0.3, 0.4) is 0 Å². The molecular formula is C12H10N2O2. The molecule has 0 amide bonds. The molecule has 16 heavy (non-hydrogen) atoms. The lowest BCUT2D eigenvalue weighted by Gasteiger charge is -2.04. The van der Waals surface area contributed by atoms with Gasteiger partial charge < -0.3 is 4.84 Å². The van der Waals surface area contributed by atoms with Crippen LogP contribution in [0.15, 0.2) is 30.5 Å². The molecule has 1 heterocycles. The Kier molecular flexibility index (Phi) is 2.61. The van der Waals surface area contributed by atoms with Gasteiger partial charge in [-0.2, -0.15) is 9.99 Å². The average molecular weight is 214 g/mol. The molecule has 4 nitrogen and oxygen atoms in total. The van der Waals surface area contributed by atoms with Crippen molar-refractivity contribution in [2.45, 2.75) is 13.3 Å². The van der Waals surface area contributed by atoms with Crippen molar-refractivity contribution in [1.82, 2.24) is 4.73 Å². The van der Waals surface area contributed by atoms with E-state index in [1.807, 2.05) is 0 Å². The first-order valence-electron chi connectivity index (χ1n) is 4.97. The van der Waals surface area contributed by atoms with Gasteiger partial charge in [0.25, 0.3) is 0 Å². The summed E-state index contributed by atoms with van der Waals surface area (Å²) in [4.78, 5) is 16.2. The molecule has 0 N–H and O–H groups in total. The maximum absolute atomic E-state index is 11.2. The Hall–Kier alpha value is -2.28. The molecule has 0 unspecified atom stereocenters. The number of rotatable bonds is 2. The predicted octanol–water partition coefficient (Wildman–Crippen LogP) is 1.88. The van der Waals surface area contributed by atoms with E-state index in [1.165, 1.54) is 4.73 Å². The summed E-state index contributed by atoms with van der Waals surface area (Å²) in [5.74, 6) is -0.290. The van der Waals surface area contributed by atoms with Crippen LogP contribution in [0.1, 0.15) is 18.9 Å². The van der Waals surface area contributed by atoms with E-state index in [-0.39, 0.29) is 5.97 Å². The Balaban J connectivity index is 2.42. The zero-order chi connectivity index (χ0) is 11.5. The van der Waals surface area contributed by atoms with E-state index in [9.17, 15) is 4.79 Å². The predicted molar refractivity (Wildman–Crippen MR) is 58.5 cm³/mol. The molecule has 2 rings (SSSR count). The van der Waals surface area contributed by atoms with Crippen LogP contribution >= 0.6 is 0 Å². The molecule has 0 fully saturated rings. The summed E-state index contributed by atoms with van der Waals surface area (Å²) in [5, 5.41) is 9.62. The van der Waals surface area contributed by atoms with E-state index in [4.69, 9.17) is 10.1 Å². The van der Waals surface area contributed by atoms with Gasteiger partial charge in [-0.15, -0.1) is 0 Å². The van der Waals surface area contributed by atoms with Gasteiger partial charge in [0.05, 0.1) is 17.1 Å². The maximum Gasteiger partial charge on any atom is 0.332 e. The largest absolute Gasteiger partial charge is 0.337 e. The number of nitrogens with zero attached hydrogens (tertiary/aromatic N) is 2. The van der Waals surface area contributed by atoms with E-state index < -0.39 is 0 Å². The number of carbonyl (C=O) groups is 1. The van der Waals surface area contributed by atoms with Crippen molar-refractivity contribution in [1.29, 1.82) is 5.26 Å². The summed E-state index contributed by atoms with van der Waals surface area (Å²) < 4.78 is 1.42. The topological polar surface area (TPSA) is 55.0 Å². The molecule has 80 valence electrons. The normalized spacial score (nSPS) is 10.0. The second-order valence-electron chi connectivity index (χ2n) is 3.34. The molecule has 0 radical (unpaired) electrons. The summed E-state index contributed by atoms with van der Waals surface area (Å²) in [7, 11) is 0. The molecule has 0 aliphatic heterocycles. The van der Waals surface area contributed by atoms with Gasteiger partial charge in [0.1, 0.15) is 0 Å². The molecular weight excluding hydrogens is 204 g/mol. The number of fused-ring (bicyclic) bond motifs is 1. The maximum atomic E-state index is 11.2. The number of benzene rings is 1. The Morgan fingerprint density at radius 1 is 1.50 bits per heavy atom. The van der Waals surface area contributed by atoms with Crippen LogP contribution in [0, 0.1) is 11.3 Å². The highest BCUT2D eigenvalue weighted by atomic mass is 16.7. The van der Waals surface area contributed by atoms with Crippen molar-refractivity contribution < 1.29 is 9.63 Å². The van der Waals surface area contributed by atoms with E-state index in [0.717, 1.165) is 10.9 Å². The van der Waals surface area contributed by atoms with Crippen LogP contribution in [-0.2, 0) is 4.79 Å². The zero-order valence-electron chi connectivity index (χ0n) is 8.80. The summed E-state index contributed by atoms with van der Waals surface area (Å²) in [6.45, 7) is 1.74. The molecule has 2 aromatic rings. The number of hydrogen-bond acceptors (Lipinski definition) is 3. The minimum absolute atomic E-state index is 0.290. The summed E-state index contributed by atoms with van der Waals surface area (Å²) in [6.07, 6.45) is 2.00. The number of carbonyl (C=O) groups excluding carboxylic acids is 1. The van der Waals surface area contributed by atoms with Crippen molar-refractivity contribution in [3.8, 4) is 6.07 Å². The van der Waals surface area contributed by atoms with Crippen molar-refractivity contribution in [3.63, 3.8) is 0 Å². The second kappa shape index (κ2) is 4.07. The second-order valence-corrected chi connectivity index (χ2v) is 3.34. The van der Waals surface area contributed by atoms with Gasteiger partial charge >= 0.3 is 5.97 Å². The standard InChI is InChI=1S/C12H10N2O2/c1-2-12(15)16-14-6-5-10-7-9(8-13)3-4-11(10)14/h3-7H,2H2,1H3. The Labute approximate surface area is 92.6 Å². The third-order valence-corrected chi connectivity index (χ3v) is 2.27. The van der Waals surface area contributed by atoms with Crippen LogP contribution in [0.5, 0.6) is 0 Å². The van der Waals surface area contributed by atoms with Crippen molar-refractivity contribution in [2.75, 3.05) is 0 Å². The molecule has 4 heteroatoms. The van der Waals surface area contributed by atoms with Gasteiger partial charge in [-0.05, 0) is 24.3 Å². The van der Waals surface area contributed by atoms with Crippen LogP contribution in [-0.4, -0.2) is 10.7 Å². The molecule has 1 aromatic carbocycles. The highest BCUT2D eigenvalue weighted by Crippen LogP contribution is 2.16. The Morgan fingerprint density at radius 2 is 2.31 bits per heavy atom. The fourth-order valence-electron chi connectivity index (χ4n) is 1.44. The fourth-order valence-corrected chi connectivity index (χ4v) is 1.44. The highest BCUT2D eigenvalue weighted by molar-refractivity contribution is 5.82. The molecule has 0 atom stereocenters. The lowest BCUT2D eigenvalue weighted by Crippen LogP contribution is -2.17. The fraction of sp³-hybridized carbons (Fsp3) is 0.167. The molecule has 0 aliphatic carbocycles. The summed E-state index contributed by atoms with van der Waals surface area (Å²) in [5.41, 5.74) is 1.37. The van der Waals surface area contributed by atoms with Crippen LogP contribution in [0.25, 0.3) is 10.9 Å². The third-order valence-electron chi connectivity index (χ3n) is 2.27. The quantitative estimate of drug-likeness (QED) is 0.766.